The standard InChI is InChI=1S/C18H16N2O6S2/c19-13-3-1-5-15(11-13)25-27(21,22)17-7-9-18(10-8-17)28(23,24)26-16-6-2-4-14(20)12-16/h1-12H,19-20H2. The Kier molecular flexibility index (Phi) is 5.16. The van der Waals surface area contributed by atoms with Gasteiger partial charge in [-0.3, -0.25) is 0 Å². The number of nitrogen functional groups attached to an aromatic ring is 2. The minimum absolute atomic E-state index is 0.0432. The minimum atomic E-state index is -4.16. The molecule has 0 aliphatic carbocycles. The van der Waals surface area contributed by atoms with Crippen molar-refractivity contribution in [2.24, 2.45) is 0 Å². The predicted molar refractivity (Wildman–Crippen MR) is 104 cm³/mol. The first-order valence-electron chi connectivity index (χ1n) is 7.86. The first-order valence-corrected chi connectivity index (χ1v) is 10.7. The quantitative estimate of drug-likeness (QED) is 0.458. The van der Waals surface area contributed by atoms with Crippen LogP contribution >= 0.6 is 0 Å². The lowest BCUT2D eigenvalue weighted by Crippen LogP contribution is -2.12. The second-order valence-electron chi connectivity index (χ2n) is 5.69. The molecule has 146 valence electrons. The van der Waals surface area contributed by atoms with Crippen LogP contribution < -0.4 is 19.8 Å². The summed E-state index contributed by atoms with van der Waals surface area (Å²) in [5.74, 6) is 0.0865. The molecule has 0 heterocycles. The van der Waals surface area contributed by atoms with Gasteiger partial charge < -0.3 is 19.8 Å². The van der Waals surface area contributed by atoms with E-state index in [9.17, 15) is 16.8 Å². The molecule has 3 aromatic carbocycles. The van der Waals surface area contributed by atoms with Crippen LogP contribution in [-0.2, 0) is 20.2 Å². The fraction of sp³-hybridized carbons (Fsp3) is 0. The van der Waals surface area contributed by atoms with Crippen molar-refractivity contribution in [3.8, 4) is 11.5 Å². The molecular formula is C18H16N2O6S2. The Morgan fingerprint density at radius 1 is 0.571 bits per heavy atom. The fourth-order valence-corrected chi connectivity index (χ4v) is 4.10. The minimum Gasteiger partial charge on any atom is -0.399 e. The van der Waals surface area contributed by atoms with Crippen LogP contribution in [0.4, 0.5) is 11.4 Å². The molecule has 0 unspecified atom stereocenters. The van der Waals surface area contributed by atoms with Crippen molar-refractivity contribution in [3.05, 3.63) is 72.8 Å². The van der Waals surface area contributed by atoms with Crippen LogP contribution in [0.25, 0.3) is 0 Å². The molecule has 3 aromatic rings. The summed E-state index contributed by atoms with van der Waals surface area (Å²) < 4.78 is 59.4. The molecule has 0 spiro atoms. The SMILES string of the molecule is Nc1cccc(OS(=O)(=O)c2ccc(S(=O)(=O)Oc3cccc(N)c3)cc2)c1. The maximum absolute atomic E-state index is 12.3. The Morgan fingerprint density at radius 2 is 0.929 bits per heavy atom. The second kappa shape index (κ2) is 7.41. The molecule has 0 bridgehead atoms. The molecule has 0 radical (unpaired) electrons. The molecule has 4 N–H and O–H groups in total. The summed E-state index contributed by atoms with van der Waals surface area (Å²) >= 11 is 0. The van der Waals surface area contributed by atoms with Gasteiger partial charge in [-0.05, 0) is 48.5 Å². The van der Waals surface area contributed by atoms with Crippen LogP contribution in [0.1, 0.15) is 0 Å². The second-order valence-corrected chi connectivity index (χ2v) is 8.78. The van der Waals surface area contributed by atoms with Crippen molar-refractivity contribution in [2.45, 2.75) is 9.79 Å². The van der Waals surface area contributed by atoms with E-state index in [1.165, 1.54) is 24.3 Å². The lowest BCUT2D eigenvalue weighted by molar-refractivity contribution is 0.482. The number of nitrogens with two attached hydrogens (primary N) is 2. The Morgan fingerprint density at radius 3 is 1.25 bits per heavy atom. The van der Waals surface area contributed by atoms with Crippen LogP contribution in [0.15, 0.2) is 82.6 Å². The lowest BCUT2D eigenvalue weighted by atomic mass is 10.3. The van der Waals surface area contributed by atoms with Gasteiger partial charge in [0, 0.05) is 23.5 Å². The summed E-state index contributed by atoms with van der Waals surface area (Å²) in [4.78, 5) is -0.448. The third-order valence-electron chi connectivity index (χ3n) is 3.53. The summed E-state index contributed by atoms with van der Waals surface area (Å²) in [7, 11) is -8.33. The molecular weight excluding hydrogens is 404 g/mol. The van der Waals surface area contributed by atoms with Gasteiger partial charge in [0.25, 0.3) is 0 Å². The van der Waals surface area contributed by atoms with Gasteiger partial charge in [-0.25, -0.2) is 0 Å². The molecule has 0 aliphatic heterocycles. The van der Waals surface area contributed by atoms with Gasteiger partial charge in [-0.1, -0.05) is 12.1 Å². The zero-order valence-electron chi connectivity index (χ0n) is 14.3. The van der Waals surface area contributed by atoms with Crippen LogP contribution in [0.3, 0.4) is 0 Å². The molecule has 3 rings (SSSR count). The molecule has 0 amide bonds. The maximum Gasteiger partial charge on any atom is 0.339 e. The first kappa shape index (κ1) is 19.5. The summed E-state index contributed by atoms with van der Waals surface area (Å²) in [5.41, 5.74) is 11.9. The largest absolute Gasteiger partial charge is 0.399 e. The highest BCUT2D eigenvalue weighted by Gasteiger charge is 2.21. The number of hydrogen-bond donors (Lipinski definition) is 2. The van der Waals surface area contributed by atoms with Gasteiger partial charge in [0.15, 0.2) is 0 Å². The topological polar surface area (TPSA) is 139 Å². The van der Waals surface area contributed by atoms with E-state index in [2.05, 4.69) is 0 Å². The van der Waals surface area contributed by atoms with E-state index in [4.69, 9.17) is 19.8 Å². The van der Waals surface area contributed by atoms with Crippen LogP contribution in [0.2, 0.25) is 0 Å². The number of hydrogen-bond acceptors (Lipinski definition) is 8. The van der Waals surface area contributed by atoms with Crippen LogP contribution in [0, 0.1) is 0 Å². The Balaban J connectivity index is 1.82. The normalized spacial score (nSPS) is 11.7. The molecule has 8 nitrogen and oxygen atoms in total. The molecule has 28 heavy (non-hydrogen) atoms. The Bertz CT molecular complexity index is 1110. The van der Waals surface area contributed by atoms with Crippen molar-refractivity contribution < 1.29 is 25.2 Å². The highest BCUT2D eigenvalue weighted by Crippen LogP contribution is 2.24. The van der Waals surface area contributed by atoms with Gasteiger partial charge in [0.05, 0.1) is 0 Å². The van der Waals surface area contributed by atoms with E-state index >= 15 is 0 Å². The Hall–Kier alpha value is -3.24. The van der Waals surface area contributed by atoms with E-state index in [0.717, 1.165) is 24.3 Å². The van der Waals surface area contributed by atoms with Gasteiger partial charge in [0.2, 0.25) is 0 Å². The van der Waals surface area contributed by atoms with Gasteiger partial charge in [-0.2, -0.15) is 16.8 Å². The Labute approximate surface area is 162 Å². The number of anilines is 2. The average Bonchev–Trinajstić information content (AvgIpc) is 2.61. The smallest absolute Gasteiger partial charge is 0.339 e. The molecule has 0 atom stereocenters. The van der Waals surface area contributed by atoms with Crippen molar-refractivity contribution in [3.63, 3.8) is 0 Å². The average molecular weight is 420 g/mol. The summed E-state index contributed by atoms with van der Waals surface area (Å²) in [5, 5.41) is 0. The maximum atomic E-state index is 12.3. The zero-order valence-corrected chi connectivity index (χ0v) is 16.0. The van der Waals surface area contributed by atoms with Gasteiger partial charge in [0.1, 0.15) is 21.3 Å². The van der Waals surface area contributed by atoms with Crippen molar-refractivity contribution in [1.82, 2.24) is 0 Å². The monoisotopic (exact) mass is 420 g/mol. The van der Waals surface area contributed by atoms with Crippen molar-refractivity contribution >= 4 is 31.6 Å². The third-order valence-corrected chi connectivity index (χ3v) is 6.05. The number of benzene rings is 3. The highest BCUT2D eigenvalue weighted by molar-refractivity contribution is 7.87. The molecule has 0 saturated carbocycles. The van der Waals surface area contributed by atoms with E-state index in [0.29, 0.717) is 11.4 Å². The van der Waals surface area contributed by atoms with Crippen LogP contribution in [-0.4, -0.2) is 16.8 Å². The van der Waals surface area contributed by atoms with E-state index in [1.54, 1.807) is 24.3 Å². The van der Waals surface area contributed by atoms with Crippen molar-refractivity contribution in [1.29, 1.82) is 0 Å². The predicted octanol–water partition coefficient (Wildman–Crippen LogP) is 2.39. The highest BCUT2D eigenvalue weighted by atomic mass is 32.2. The lowest BCUT2D eigenvalue weighted by Gasteiger charge is -2.10. The summed E-state index contributed by atoms with van der Waals surface area (Å²) in [6, 6.07) is 16.3. The molecule has 0 fully saturated rings. The molecule has 0 aliphatic rings. The third kappa shape index (κ3) is 4.53. The summed E-state index contributed by atoms with van der Waals surface area (Å²) in [6.45, 7) is 0. The molecule has 0 saturated heterocycles. The summed E-state index contributed by atoms with van der Waals surface area (Å²) in [6.07, 6.45) is 0. The van der Waals surface area contributed by atoms with Crippen molar-refractivity contribution in [2.75, 3.05) is 11.5 Å². The zero-order chi connectivity index (χ0) is 20.4. The van der Waals surface area contributed by atoms with Gasteiger partial charge >= 0.3 is 20.2 Å². The number of rotatable bonds is 6. The van der Waals surface area contributed by atoms with Crippen LogP contribution in [0.5, 0.6) is 11.5 Å². The van der Waals surface area contributed by atoms with Gasteiger partial charge in [-0.15, -0.1) is 0 Å². The van der Waals surface area contributed by atoms with E-state index < -0.39 is 20.2 Å². The molecule has 0 aromatic heterocycles. The molecule has 10 heteroatoms. The first-order chi connectivity index (χ1) is 13.2. The van der Waals surface area contributed by atoms with E-state index in [-0.39, 0.29) is 21.3 Å². The van der Waals surface area contributed by atoms with E-state index in [1.807, 2.05) is 0 Å². The fourth-order valence-electron chi connectivity index (χ4n) is 2.26.